The second-order valence-corrected chi connectivity index (χ2v) is 6.38. The van der Waals surface area contributed by atoms with Crippen molar-refractivity contribution in [2.24, 2.45) is 5.73 Å². The Balaban J connectivity index is 1.86. The Morgan fingerprint density at radius 2 is 1.93 bits per heavy atom. The van der Waals surface area contributed by atoms with E-state index in [0.717, 1.165) is 0 Å². The average Bonchev–Trinajstić information content (AvgIpc) is 3.09. The van der Waals surface area contributed by atoms with Crippen molar-refractivity contribution in [2.75, 3.05) is 23.3 Å². The molecule has 5 N–H and O–H groups in total. The van der Waals surface area contributed by atoms with E-state index in [2.05, 4.69) is 20.6 Å². The van der Waals surface area contributed by atoms with Gasteiger partial charge in [-0.2, -0.15) is 18.2 Å². The first-order valence-electron chi connectivity index (χ1n) is 8.49. The summed E-state index contributed by atoms with van der Waals surface area (Å²) in [5, 5.41) is 13.8. The molecule has 12 heteroatoms. The number of primary amides is 1. The zero-order valence-corrected chi connectivity index (χ0v) is 14.9. The van der Waals surface area contributed by atoms with Gasteiger partial charge in [-0.05, 0) is 30.7 Å². The highest BCUT2D eigenvalue weighted by Gasteiger charge is 2.38. The Hall–Kier alpha value is -3.57. The molecule has 2 heterocycles. The highest BCUT2D eigenvalue weighted by atomic mass is 19.4. The van der Waals surface area contributed by atoms with Gasteiger partial charge in [0.05, 0.1) is 6.04 Å². The van der Waals surface area contributed by atoms with E-state index in [1.54, 1.807) is 0 Å². The number of benzene rings is 1. The smallest absolute Gasteiger partial charge is 0.421 e. The summed E-state index contributed by atoms with van der Waals surface area (Å²) in [6.45, 7) is 0.261. The zero-order valence-electron chi connectivity index (χ0n) is 14.9. The molecule has 0 saturated carbocycles. The van der Waals surface area contributed by atoms with Crippen molar-refractivity contribution in [1.29, 1.82) is 0 Å². The fourth-order valence-corrected chi connectivity index (χ4v) is 2.97. The van der Waals surface area contributed by atoms with E-state index in [0.29, 0.717) is 18.3 Å². The van der Waals surface area contributed by atoms with Crippen LogP contribution >= 0.6 is 0 Å². The predicted octanol–water partition coefficient (Wildman–Crippen LogP) is 2.18. The number of amides is 2. The number of hydrogen-bond acceptors (Lipinski definition) is 6. The van der Waals surface area contributed by atoms with Crippen LogP contribution in [0.2, 0.25) is 0 Å². The summed E-state index contributed by atoms with van der Waals surface area (Å²) < 4.78 is 40.2. The van der Waals surface area contributed by atoms with Crippen LogP contribution in [-0.2, 0) is 6.18 Å². The minimum Gasteiger partial charge on any atom is -0.465 e. The molecule has 1 fully saturated rings. The van der Waals surface area contributed by atoms with Gasteiger partial charge in [-0.25, -0.2) is 9.78 Å². The number of hydrogen-bond donors (Lipinski definition) is 4. The number of nitrogens with zero attached hydrogens (tertiary/aromatic N) is 3. The molecule has 1 aromatic heterocycles. The van der Waals surface area contributed by atoms with Crippen LogP contribution in [0, 0.1) is 0 Å². The lowest BCUT2D eigenvalue weighted by atomic mass is 10.2. The molecular weight excluding hydrogens is 393 g/mol. The lowest BCUT2D eigenvalue weighted by Gasteiger charge is -2.22. The second-order valence-electron chi connectivity index (χ2n) is 6.38. The third kappa shape index (κ3) is 4.83. The molecule has 2 amide bonds. The first kappa shape index (κ1) is 20.2. The van der Waals surface area contributed by atoms with Crippen LogP contribution in [0.5, 0.6) is 0 Å². The number of aromatic nitrogens is 2. The van der Waals surface area contributed by atoms with Crippen molar-refractivity contribution in [3.8, 4) is 0 Å². The van der Waals surface area contributed by atoms with Gasteiger partial charge in [-0.1, -0.05) is 0 Å². The highest BCUT2D eigenvalue weighted by molar-refractivity contribution is 5.93. The van der Waals surface area contributed by atoms with Gasteiger partial charge in [0, 0.05) is 30.5 Å². The van der Waals surface area contributed by atoms with Crippen molar-refractivity contribution in [3.63, 3.8) is 0 Å². The standard InChI is InChI=1S/C17H17F3N6O3/c18-17(19,20)12-7-22-15(23-10-3-1-9(2-4-10)13(21)27)25-14(12)26-6-5-11(8-26)24-16(28)29/h1-4,7,11,24H,5-6,8H2,(H2,21,27)(H,28,29)(H,22,23,25). The number of carbonyl (C=O) groups is 2. The molecule has 0 bridgehead atoms. The number of nitrogens with one attached hydrogen (secondary N) is 2. The van der Waals surface area contributed by atoms with Gasteiger partial charge in [-0.3, -0.25) is 4.79 Å². The third-order valence-corrected chi connectivity index (χ3v) is 4.31. The summed E-state index contributed by atoms with van der Waals surface area (Å²) >= 11 is 0. The van der Waals surface area contributed by atoms with Crippen molar-refractivity contribution in [3.05, 3.63) is 41.6 Å². The maximum atomic E-state index is 13.4. The molecule has 0 aliphatic carbocycles. The van der Waals surface area contributed by atoms with Crippen LogP contribution in [0.4, 0.5) is 35.4 Å². The van der Waals surface area contributed by atoms with Gasteiger partial charge in [0.15, 0.2) is 0 Å². The minimum absolute atomic E-state index is 0.0547. The van der Waals surface area contributed by atoms with E-state index >= 15 is 0 Å². The molecule has 1 aliphatic heterocycles. The summed E-state index contributed by atoms with van der Waals surface area (Å²) in [6, 6.07) is 5.45. The van der Waals surface area contributed by atoms with Crippen LogP contribution in [0.1, 0.15) is 22.3 Å². The maximum Gasteiger partial charge on any atom is 0.421 e. The molecule has 0 radical (unpaired) electrons. The number of carbonyl (C=O) groups excluding carboxylic acids is 1. The molecule has 9 nitrogen and oxygen atoms in total. The molecule has 1 unspecified atom stereocenters. The van der Waals surface area contributed by atoms with E-state index in [9.17, 15) is 22.8 Å². The normalized spacial score (nSPS) is 16.5. The van der Waals surface area contributed by atoms with Crippen molar-refractivity contribution >= 4 is 29.5 Å². The Bertz CT molecular complexity index is 920. The molecule has 1 aliphatic rings. The van der Waals surface area contributed by atoms with Crippen LogP contribution in [-0.4, -0.2) is 46.2 Å². The molecule has 1 saturated heterocycles. The fourth-order valence-electron chi connectivity index (χ4n) is 2.97. The van der Waals surface area contributed by atoms with Gasteiger partial charge in [0.1, 0.15) is 11.4 Å². The Morgan fingerprint density at radius 1 is 1.24 bits per heavy atom. The molecule has 3 rings (SSSR count). The molecule has 29 heavy (non-hydrogen) atoms. The molecule has 0 spiro atoms. The van der Waals surface area contributed by atoms with Crippen molar-refractivity contribution in [1.82, 2.24) is 15.3 Å². The molecule has 2 aromatic rings. The number of anilines is 3. The molecule has 1 atom stereocenters. The zero-order chi connectivity index (χ0) is 21.2. The van der Waals surface area contributed by atoms with Crippen LogP contribution < -0.4 is 21.3 Å². The number of halogens is 3. The van der Waals surface area contributed by atoms with Crippen molar-refractivity contribution in [2.45, 2.75) is 18.6 Å². The van der Waals surface area contributed by atoms with Crippen LogP contribution in [0.25, 0.3) is 0 Å². The van der Waals surface area contributed by atoms with Gasteiger partial charge in [-0.15, -0.1) is 0 Å². The summed E-state index contributed by atoms with van der Waals surface area (Å²) in [4.78, 5) is 31.0. The van der Waals surface area contributed by atoms with E-state index < -0.39 is 29.8 Å². The summed E-state index contributed by atoms with van der Waals surface area (Å²) in [6.07, 6.45) is -4.88. The topological polar surface area (TPSA) is 133 Å². The van der Waals surface area contributed by atoms with E-state index in [-0.39, 0.29) is 30.4 Å². The molecule has 1 aromatic carbocycles. The lowest BCUT2D eigenvalue weighted by molar-refractivity contribution is -0.137. The first-order valence-corrected chi connectivity index (χ1v) is 8.49. The summed E-state index contributed by atoms with van der Waals surface area (Å²) in [7, 11) is 0. The van der Waals surface area contributed by atoms with Gasteiger partial charge in [0.25, 0.3) is 0 Å². The largest absolute Gasteiger partial charge is 0.465 e. The minimum atomic E-state index is -4.67. The van der Waals surface area contributed by atoms with Crippen LogP contribution in [0.3, 0.4) is 0 Å². The summed E-state index contributed by atoms with van der Waals surface area (Å²) in [5.41, 5.74) is 4.88. The summed E-state index contributed by atoms with van der Waals surface area (Å²) in [5.74, 6) is -1.02. The Kier molecular flexibility index (Phi) is 5.43. The Labute approximate surface area is 162 Å². The highest BCUT2D eigenvalue weighted by Crippen LogP contribution is 2.37. The molecule has 154 valence electrons. The van der Waals surface area contributed by atoms with Gasteiger partial charge < -0.3 is 26.4 Å². The predicted molar refractivity (Wildman–Crippen MR) is 97.1 cm³/mol. The maximum absolute atomic E-state index is 13.4. The quantitative estimate of drug-likeness (QED) is 0.594. The van der Waals surface area contributed by atoms with E-state index in [1.807, 2.05) is 0 Å². The number of rotatable bonds is 5. The first-order chi connectivity index (χ1) is 13.6. The van der Waals surface area contributed by atoms with Gasteiger partial charge in [0.2, 0.25) is 11.9 Å². The van der Waals surface area contributed by atoms with E-state index in [1.165, 1.54) is 29.2 Å². The number of nitrogens with two attached hydrogens (primary N) is 1. The third-order valence-electron chi connectivity index (χ3n) is 4.31. The van der Waals surface area contributed by atoms with Crippen LogP contribution in [0.15, 0.2) is 30.5 Å². The average molecular weight is 410 g/mol. The SMILES string of the molecule is NC(=O)c1ccc(Nc2ncc(C(F)(F)F)c(N3CCC(NC(=O)O)C3)n2)cc1. The van der Waals surface area contributed by atoms with Crippen molar-refractivity contribution < 1.29 is 27.9 Å². The second kappa shape index (κ2) is 7.81. The number of carboxylic acid groups (broad SMARTS) is 1. The number of alkyl halides is 3. The molecular formula is C17H17F3N6O3. The van der Waals surface area contributed by atoms with Gasteiger partial charge >= 0.3 is 12.3 Å². The lowest BCUT2D eigenvalue weighted by Crippen LogP contribution is -2.36. The van der Waals surface area contributed by atoms with E-state index in [4.69, 9.17) is 10.8 Å². The monoisotopic (exact) mass is 410 g/mol. The Morgan fingerprint density at radius 3 is 2.52 bits per heavy atom. The fraction of sp³-hybridized carbons (Fsp3) is 0.294.